The zero-order chi connectivity index (χ0) is 23.0. The Morgan fingerprint density at radius 3 is 2.44 bits per heavy atom. The molecule has 6 heteroatoms. The quantitative estimate of drug-likeness (QED) is 0.398. The highest BCUT2D eigenvalue weighted by atomic mass is 79.9. The average molecular weight is 513 g/mol. The van der Waals surface area contributed by atoms with Crippen LogP contribution in [-0.2, 0) is 16.9 Å². The van der Waals surface area contributed by atoms with Crippen molar-refractivity contribution in [2.24, 2.45) is 0 Å². The molecule has 1 aliphatic rings. The lowest BCUT2D eigenvalue weighted by molar-refractivity contribution is -0.136. The Hall–Kier alpha value is -2.47. The van der Waals surface area contributed by atoms with Gasteiger partial charge in [-0.2, -0.15) is 0 Å². The van der Waals surface area contributed by atoms with E-state index < -0.39 is 11.5 Å². The second kappa shape index (κ2) is 8.81. The predicted octanol–water partition coefficient (Wildman–Crippen LogP) is 6.23. The lowest BCUT2D eigenvalue weighted by Crippen LogP contribution is -2.41. The molecule has 0 saturated carbocycles. The first-order valence-electron chi connectivity index (χ1n) is 10.4. The van der Waals surface area contributed by atoms with Crippen LogP contribution in [0.25, 0.3) is 0 Å². The normalized spacial score (nSPS) is 17.7. The van der Waals surface area contributed by atoms with E-state index in [9.17, 15) is 14.7 Å². The fourth-order valence-electron chi connectivity index (χ4n) is 4.04. The lowest BCUT2D eigenvalue weighted by atomic mass is 9.87. The second-order valence-electron chi connectivity index (χ2n) is 8.38. The van der Waals surface area contributed by atoms with Crippen molar-refractivity contribution in [3.05, 3.63) is 98.5 Å². The molecule has 0 saturated heterocycles. The number of benzene rings is 3. The van der Waals surface area contributed by atoms with Gasteiger partial charge >= 0.3 is 0 Å². The summed E-state index contributed by atoms with van der Waals surface area (Å²) in [7, 11) is 0. The van der Waals surface area contributed by atoms with Gasteiger partial charge in [0.25, 0.3) is 5.91 Å². The minimum atomic E-state index is -1.95. The van der Waals surface area contributed by atoms with Gasteiger partial charge in [0.2, 0.25) is 0 Å². The fraction of sp³-hybridized carbons (Fsp3) is 0.231. The zero-order valence-corrected chi connectivity index (χ0v) is 20.2. The lowest BCUT2D eigenvalue weighted by Gasteiger charge is -2.23. The monoisotopic (exact) mass is 511 g/mol. The summed E-state index contributed by atoms with van der Waals surface area (Å²) < 4.78 is 0.718. The summed E-state index contributed by atoms with van der Waals surface area (Å²) in [5.74, 6) is -0.471. The highest BCUT2D eigenvalue weighted by Gasteiger charge is 2.51. The molecule has 1 amide bonds. The molecule has 1 heterocycles. The molecule has 32 heavy (non-hydrogen) atoms. The number of amides is 1. The number of hydrogen-bond donors (Lipinski definition) is 1. The third-order valence-electron chi connectivity index (χ3n) is 5.90. The van der Waals surface area contributed by atoms with Gasteiger partial charge < -0.3 is 10.0 Å². The fourth-order valence-corrected chi connectivity index (χ4v) is 4.59. The Bertz CT molecular complexity index is 1190. The number of ketones is 1. The highest BCUT2D eigenvalue weighted by Crippen LogP contribution is 2.45. The van der Waals surface area contributed by atoms with Gasteiger partial charge in [0.15, 0.2) is 11.4 Å². The van der Waals surface area contributed by atoms with Crippen molar-refractivity contribution >= 4 is 44.9 Å². The zero-order valence-electron chi connectivity index (χ0n) is 17.8. The van der Waals surface area contributed by atoms with Crippen LogP contribution in [0, 0.1) is 0 Å². The molecule has 164 valence electrons. The molecule has 1 atom stereocenters. The van der Waals surface area contributed by atoms with Crippen LogP contribution < -0.4 is 4.90 Å². The maximum atomic E-state index is 13.5. The second-order valence-corrected chi connectivity index (χ2v) is 9.70. The molecule has 0 spiro atoms. The molecule has 1 aliphatic heterocycles. The van der Waals surface area contributed by atoms with E-state index in [1.165, 1.54) is 4.90 Å². The number of fused-ring (bicyclic) bond motifs is 1. The summed E-state index contributed by atoms with van der Waals surface area (Å²) in [6.45, 7) is 4.37. The van der Waals surface area contributed by atoms with Gasteiger partial charge in [0.05, 0.1) is 18.7 Å². The molecule has 0 bridgehead atoms. The van der Waals surface area contributed by atoms with E-state index in [1.54, 1.807) is 30.3 Å². The summed E-state index contributed by atoms with van der Waals surface area (Å²) in [5.41, 5.74) is 1.39. The smallest absolute Gasteiger partial charge is 0.264 e. The predicted molar refractivity (Wildman–Crippen MR) is 130 cm³/mol. The molecule has 4 rings (SSSR count). The number of hydrogen-bond acceptors (Lipinski definition) is 3. The molecule has 0 aromatic heterocycles. The summed E-state index contributed by atoms with van der Waals surface area (Å²) in [6.07, 6.45) is -0.338. The minimum Gasteiger partial charge on any atom is -0.375 e. The Kier molecular flexibility index (Phi) is 6.26. The molecule has 0 fully saturated rings. The number of halogens is 2. The first-order chi connectivity index (χ1) is 15.2. The van der Waals surface area contributed by atoms with Crippen LogP contribution in [0.4, 0.5) is 5.69 Å². The number of carbonyl (C=O) groups excluding carboxylic acids is 2. The molecular formula is C26H23BrClNO3. The SMILES string of the molecule is CC(C)c1ccc(C(=O)C[C@@]2(O)C(=O)N(Cc3ccccc3Cl)c3ccc(Br)cc32)cc1. The molecule has 0 aliphatic carbocycles. The Morgan fingerprint density at radius 1 is 1.09 bits per heavy atom. The van der Waals surface area contributed by atoms with Crippen molar-refractivity contribution in [2.75, 3.05) is 4.90 Å². The number of carbonyl (C=O) groups is 2. The van der Waals surface area contributed by atoms with Gasteiger partial charge in [-0.25, -0.2) is 0 Å². The molecule has 3 aromatic rings. The first-order valence-corrected chi connectivity index (χ1v) is 11.6. The molecule has 0 radical (unpaired) electrons. The highest BCUT2D eigenvalue weighted by molar-refractivity contribution is 9.10. The number of nitrogens with zero attached hydrogens (tertiary/aromatic N) is 1. The van der Waals surface area contributed by atoms with E-state index in [0.29, 0.717) is 27.8 Å². The topological polar surface area (TPSA) is 57.6 Å². The Morgan fingerprint density at radius 2 is 1.78 bits per heavy atom. The largest absolute Gasteiger partial charge is 0.375 e. The molecule has 1 N–H and O–H groups in total. The van der Waals surface area contributed by atoms with Gasteiger partial charge in [-0.15, -0.1) is 0 Å². The van der Waals surface area contributed by atoms with Crippen LogP contribution in [0.1, 0.15) is 53.2 Å². The summed E-state index contributed by atoms with van der Waals surface area (Å²) in [4.78, 5) is 28.1. The first kappa shape index (κ1) is 22.7. The molecule has 4 nitrogen and oxygen atoms in total. The molecular weight excluding hydrogens is 490 g/mol. The van der Waals surface area contributed by atoms with Crippen LogP contribution >= 0.6 is 27.5 Å². The Balaban J connectivity index is 1.68. The van der Waals surface area contributed by atoms with Crippen molar-refractivity contribution in [3.8, 4) is 0 Å². The van der Waals surface area contributed by atoms with Gasteiger partial charge in [-0.1, -0.05) is 83.8 Å². The van der Waals surface area contributed by atoms with Crippen molar-refractivity contribution in [1.82, 2.24) is 0 Å². The van der Waals surface area contributed by atoms with Gasteiger partial charge in [-0.3, -0.25) is 9.59 Å². The van der Waals surface area contributed by atoms with E-state index in [-0.39, 0.29) is 18.7 Å². The third kappa shape index (κ3) is 4.13. The third-order valence-corrected chi connectivity index (χ3v) is 6.76. The number of rotatable bonds is 6. The van der Waals surface area contributed by atoms with Gasteiger partial charge in [0, 0.05) is 20.6 Å². The van der Waals surface area contributed by atoms with Crippen LogP contribution in [0.5, 0.6) is 0 Å². The Labute approximate surface area is 201 Å². The van der Waals surface area contributed by atoms with Crippen molar-refractivity contribution in [2.45, 2.75) is 38.3 Å². The standard InChI is InChI=1S/C26H23BrClNO3/c1-16(2)17-7-9-18(10-8-17)24(30)14-26(32)21-13-20(27)11-12-23(21)29(25(26)31)15-19-5-3-4-6-22(19)28/h3-13,16,32H,14-15H2,1-2H3/t26-/m0/s1. The van der Waals surface area contributed by atoms with E-state index in [2.05, 4.69) is 29.8 Å². The molecule has 0 unspecified atom stereocenters. The summed E-state index contributed by atoms with van der Waals surface area (Å²) in [6, 6.07) is 19.9. The summed E-state index contributed by atoms with van der Waals surface area (Å²) in [5, 5.41) is 12.1. The van der Waals surface area contributed by atoms with E-state index >= 15 is 0 Å². The van der Waals surface area contributed by atoms with Crippen LogP contribution in [0.3, 0.4) is 0 Å². The minimum absolute atomic E-state index is 0.201. The number of anilines is 1. The number of aliphatic hydroxyl groups is 1. The van der Waals surface area contributed by atoms with Crippen LogP contribution in [-0.4, -0.2) is 16.8 Å². The van der Waals surface area contributed by atoms with Gasteiger partial charge in [-0.05, 0) is 41.3 Å². The van der Waals surface area contributed by atoms with Crippen LogP contribution in [0.2, 0.25) is 5.02 Å². The van der Waals surface area contributed by atoms with Crippen molar-refractivity contribution < 1.29 is 14.7 Å². The molecule has 3 aromatic carbocycles. The van der Waals surface area contributed by atoms with Crippen molar-refractivity contribution in [3.63, 3.8) is 0 Å². The summed E-state index contributed by atoms with van der Waals surface area (Å²) >= 11 is 9.73. The van der Waals surface area contributed by atoms with Crippen molar-refractivity contribution in [1.29, 1.82) is 0 Å². The van der Waals surface area contributed by atoms with E-state index in [4.69, 9.17) is 11.6 Å². The number of Topliss-reactive ketones (excluding diaryl/α,β-unsaturated/α-hetero) is 1. The van der Waals surface area contributed by atoms with Crippen LogP contribution in [0.15, 0.2) is 71.2 Å². The maximum absolute atomic E-state index is 13.5. The average Bonchev–Trinajstić information content (AvgIpc) is 2.96. The van der Waals surface area contributed by atoms with E-state index in [0.717, 1.165) is 15.6 Å². The van der Waals surface area contributed by atoms with Gasteiger partial charge in [0.1, 0.15) is 0 Å². The maximum Gasteiger partial charge on any atom is 0.264 e. The van der Waals surface area contributed by atoms with E-state index in [1.807, 2.05) is 36.4 Å².